The van der Waals surface area contributed by atoms with Crippen LogP contribution in [0.3, 0.4) is 0 Å². The van der Waals surface area contributed by atoms with E-state index in [9.17, 15) is 0 Å². The number of hydrogen-bond donors (Lipinski definition) is 0. The fraction of sp³-hybridized carbons (Fsp3) is 1.00. The smallest absolute Gasteiger partial charge is 0.0389 e. The molecule has 2 aliphatic rings. The van der Waals surface area contributed by atoms with Crippen LogP contribution >= 0.6 is 0 Å². The molecule has 0 saturated heterocycles. The van der Waals surface area contributed by atoms with Crippen LogP contribution < -0.4 is 0 Å². The lowest BCUT2D eigenvalue weighted by Gasteiger charge is -2.36. The minimum atomic E-state index is 0.899. The first-order chi connectivity index (χ1) is 14.5. The molecular weight excluding hydrogens is 360 g/mol. The second-order valence-corrected chi connectivity index (χ2v) is 11.0. The third kappa shape index (κ3) is 14.1. The molecule has 2 rings (SSSR count). The van der Waals surface area contributed by atoms with Crippen molar-refractivity contribution in [3.05, 3.63) is 0 Å². The highest BCUT2D eigenvalue weighted by Gasteiger charge is 2.28. The van der Waals surface area contributed by atoms with Gasteiger partial charge in [0.05, 0.1) is 0 Å². The molecule has 0 radical (unpaired) electrons. The molecular formula is C30H62. The monoisotopic (exact) mass is 422 g/mol. The van der Waals surface area contributed by atoms with Crippen LogP contribution in [0.2, 0.25) is 0 Å². The molecule has 3 unspecified atom stereocenters. The maximum atomic E-state index is 2.39. The van der Waals surface area contributed by atoms with Crippen LogP contribution in [0.5, 0.6) is 0 Å². The molecule has 182 valence electrons. The summed E-state index contributed by atoms with van der Waals surface area (Å²) < 4.78 is 0. The summed E-state index contributed by atoms with van der Waals surface area (Å²) in [6.07, 6.45) is 23.7. The van der Waals surface area contributed by atoms with Crippen molar-refractivity contribution in [2.45, 2.75) is 158 Å². The average molecular weight is 423 g/mol. The Bertz CT molecular complexity index is 338. The third-order valence-corrected chi connectivity index (χ3v) is 7.77. The van der Waals surface area contributed by atoms with Crippen LogP contribution in [-0.4, -0.2) is 0 Å². The molecule has 0 aromatic carbocycles. The van der Waals surface area contributed by atoms with E-state index >= 15 is 0 Å². The first-order valence-electron chi connectivity index (χ1n) is 14.5. The zero-order valence-corrected chi connectivity index (χ0v) is 22.8. The SMILES string of the molecule is CC.CCCC(CC1CC(C)C1)C(C)C.CCCCCCCC1CCC(CCC)C1. The van der Waals surface area contributed by atoms with Crippen molar-refractivity contribution in [1.29, 1.82) is 0 Å². The summed E-state index contributed by atoms with van der Waals surface area (Å²) in [6.45, 7) is 18.1. The van der Waals surface area contributed by atoms with Gasteiger partial charge in [-0.2, -0.15) is 0 Å². The molecule has 0 spiro atoms. The lowest BCUT2D eigenvalue weighted by Crippen LogP contribution is -2.25. The van der Waals surface area contributed by atoms with E-state index < -0.39 is 0 Å². The molecule has 2 fully saturated rings. The van der Waals surface area contributed by atoms with Gasteiger partial charge in [-0.15, -0.1) is 0 Å². The number of rotatable bonds is 13. The largest absolute Gasteiger partial charge is 0.0683 e. The maximum absolute atomic E-state index is 2.39. The molecule has 0 amide bonds. The summed E-state index contributed by atoms with van der Waals surface area (Å²) in [5.74, 6) is 6.20. The fourth-order valence-electron chi connectivity index (χ4n) is 5.93. The molecule has 0 bridgehead atoms. The van der Waals surface area contributed by atoms with Gasteiger partial charge in [-0.3, -0.25) is 0 Å². The summed E-state index contributed by atoms with van der Waals surface area (Å²) >= 11 is 0. The second kappa shape index (κ2) is 19.7. The van der Waals surface area contributed by atoms with Gasteiger partial charge in [0.2, 0.25) is 0 Å². The Morgan fingerprint density at radius 3 is 1.77 bits per heavy atom. The van der Waals surface area contributed by atoms with Gasteiger partial charge in [-0.1, -0.05) is 132 Å². The predicted octanol–water partition coefficient (Wildman–Crippen LogP) is 11.1. The number of hydrogen-bond acceptors (Lipinski definition) is 0. The van der Waals surface area contributed by atoms with E-state index in [1.807, 2.05) is 13.8 Å². The minimum absolute atomic E-state index is 0.899. The lowest BCUT2D eigenvalue weighted by molar-refractivity contribution is 0.151. The molecule has 0 aromatic rings. The Hall–Kier alpha value is 0. The Morgan fingerprint density at radius 1 is 0.667 bits per heavy atom. The van der Waals surface area contributed by atoms with Gasteiger partial charge in [0.1, 0.15) is 0 Å². The summed E-state index contributed by atoms with van der Waals surface area (Å²) in [5.41, 5.74) is 0. The third-order valence-electron chi connectivity index (χ3n) is 7.77. The van der Waals surface area contributed by atoms with E-state index in [-0.39, 0.29) is 0 Å². The van der Waals surface area contributed by atoms with Gasteiger partial charge in [-0.25, -0.2) is 0 Å². The Balaban J connectivity index is 0.000000522. The van der Waals surface area contributed by atoms with Gasteiger partial charge in [-0.05, 0) is 61.2 Å². The highest BCUT2D eigenvalue weighted by molar-refractivity contribution is 4.79. The summed E-state index contributed by atoms with van der Waals surface area (Å²) in [7, 11) is 0. The van der Waals surface area contributed by atoms with E-state index in [0.29, 0.717) is 0 Å². The van der Waals surface area contributed by atoms with Crippen molar-refractivity contribution in [3.63, 3.8) is 0 Å². The molecule has 2 aliphatic carbocycles. The molecule has 0 aromatic heterocycles. The van der Waals surface area contributed by atoms with Crippen molar-refractivity contribution in [1.82, 2.24) is 0 Å². The Kier molecular flexibility index (Phi) is 19.7. The molecule has 3 atom stereocenters. The van der Waals surface area contributed by atoms with E-state index in [2.05, 4.69) is 41.5 Å². The molecule has 0 heteroatoms. The number of unbranched alkanes of at least 4 members (excludes halogenated alkanes) is 4. The first-order valence-corrected chi connectivity index (χ1v) is 14.5. The summed E-state index contributed by atoms with van der Waals surface area (Å²) in [4.78, 5) is 0. The summed E-state index contributed by atoms with van der Waals surface area (Å²) in [6, 6.07) is 0. The highest BCUT2D eigenvalue weighted by Crippen LogP contribution is 2.40. The van der Waals surface area contributed by atoms with Crippen molar-refractivity contribution in [2.75, 3.05) is 0 Å². The normalized spacial score (nSPS) is 26.3. The standard InChI is InChI=1S/C15H30.C13H26.C2H6/c1-3-5-6-7-8-10-15-12-11-14(13-15)9-4-2;1-5-6-13(10(2)3)9-12-7-11(4)8-12;1-2/h14-15H,3-13H2,1-2H3;10-13H,5-9H2,1-4H3;1-2H3. The van der Waals surface area contributed by atoms with E-state index in [1.54, 1.807) is 12.8 Å². The zero-order valence-electron chi connectivity index (χ0n) is 22.8. The van der Waals surface area contributed by atoms with E-state index in [4.69, 9.17) is 0 Å². The minimum Gasteiger partial charge on any atom is -0.0683 e. The van der Waals surface area contributed by atoms with Crippen molar-refractivity contribution < 1.29 is 0 Å². The molecule has 0 N–H and O–H groups in total. The first kappa shape index (κ1) is 30.0. The van der Waals surface area contributed by atoms with E-state index in [1.165, 1.54) is 89.9 Å². The van der Waals surface area contributed by atoms with Crippen molar-refractivity contribution >= 4 is 0 Å². The van der Waals surface area contributed by atoms with Crippen LogP contribution in [0.15, 0.2) is 0 Å². The van der Waals surface area contributed by atoms with Crippen LogP contribution in [0, 0.1) is 35.5 Å². The second-order valence-electron chi connectivity index (χ2n) is 11.0. The molecule has 0 heterocycles. The van der Waals surface area contributed by atoms with Gasteiger partial charge in [0.25, 0.3) is 0 Å². The Morgan fingerprint density at radius 2 is 1.27 bits per heavy atom. The van der Waals surface area contributed by atoms with Crippen molar-refractivity contribution in [2.24, 2.45) is 35.5 Å². The van der Waals surface area contributed by atoms with Crippen molar-refractivity contribution in [3.8, 4) is 0 Å². The lowest BCUT2D eigenvalue weighted by atomic mass is 9.70. The Labute approximate surface area is 193 Å². The molecule has 0 aliphatic heterocycles. The van der Waals surface area contributed by atoms with Gasteiger partial charge in [0.15, 0.2) is 0 Å². The molecule has 0 nitrogen and oxygen atoms in total. The maximum Gasteiger partial charge on any atom is -0.0389 e. The van der Waals surface area contributed by atoms with Gasteiger partial charge in [0, 0.05) is 0 Å². The molecule has 30 heavy (non-hydrogen) atoms. The van der Waals surface area contributed by atoms with Gasteiger partial charge >= 0.3 is 0 Å². The molecule has 2 saturated carbocycles. The topological polar surface area (TPSA) is 0 Å². The van der Waals surface area contributed by atoms with Crippen LogP contribution in [0.1, 0.15) is 158 Å². The predicted molar refractivity (Wildman–Crippen MR) is 140 cm³/mol. The van der Waals surface area contributed by atoms with Gasteiger partial charge < -0.3 is 0 Å². The highest BCUT2D eigenvalue weighted by atomic mass is 14.3. The zero-order chi connectivity index (χ0) is 22.8. The van der Waals surface area contributed by atoms with Crippen LogP contribution in [-0.2, 0) is 0 Å². The quantitative estimate of drug-likeness (QED) is 0.259. The summed E-state index contributed by atoms with van der Waals surface area (Å²) in [5, 5.41) is 0. The average Bonchev–Trinajstić information content (AvgIpc) is 3.16. The van der Waals surface area contributed by atoms with Crippen LogP contribution in [0.25, 0.3) is 0 Å². The van der Waals surface area contributed by atoms with E-state index in [0.717, 1.165) is 35.5 Å². The fourth-order valence-corrected chi connectivity index (χ4v) is 5.93. The van der Waals surface area contributed by atoms with Crippen LogP contribution in [0.4, 0.5) is 0 Å².